The summed E-state index contributed by atoms with van der Waals surface area (Å²) in [6, 6.07) is 6.49. The van der Waals surface area contributed by atoms with Crippen molar-refractivity contribution < 1.29 is 23.7 Å². The zero-order valence-electron chi connectivity index (χ0n) is 17.8. The predicted octanol–water partition coefficient (Wildman–Crippen LogP) is 2.25. The average Bonchev–Trinajstić information content (AvgIpc) is 3.35. The Morgan fingerprint density at radius 3 is 2.72 bits per heavy atom. The van der Waals surface area contributed by atoms with E-state index < -0.39 is 11.4 Å². The van der Waals surface area contributed by atoms with E-state index in [1.807, 2.05) is 18.2 Å². The van der Waals surface area contributed by atoms with Gasteiger partial charge >= 0.3 is 0 Å². The topological polar surface area (TPSA) is 133 Å². The number of rotatable bonds is 10. The molecule has 2 fully saturated rings. The van der Waals surface area contributed by atoms with Gasteiger partial charge in [0.2, 0.25) is 11.8 Å². The minimum absolute atomic E-state index is 0.0598. The Balaban J connectivity index is 1.43. The SMILES string of the molecule is COc1cccc2[nH]c(C(=O)N[C@@H](CC3CC3)C(=O)N[C@@H](C[C@@H]3CCNC3=O)SO)cc12. The third kappa shape index (κ3) is 5.18. The molecule has 0 spiro atoms. The van der Waals surface area contributed by atoms with Crippen LogP contribution in [-0.2, 0) is 9.59 Å². The lowest BCUT2D eigenvalue weighted by Gasteiger charge is -2.22. The summed E-state index contributed by atoms with van der Waals surface area (Å²) < 4.78 is 15.0. The lowest BCUT2D eigenvalue weighted by molar-refractivity contribution is -0.125. The number of benzene rings is 1. The lowest BCUT2D eigenvalue weighted by atomic mass is 10.0. The van der Waals surface area contributed by atoms with Crippen molar-refractivity contribution in [3.63, 3.8) is 0 Å². The fraction of sp³-hybridized carbons (Fsp3) is 0.500. The molecule has 1 aromatic carbocycles. The summed E-state index contributed by atoms with van der Waals surface area (Å²) in [5.74, 6) is 0.0166. The molecule has 0 unspecified atom stereocenters. The highest BCUT2D eigenvalue weighted by atomic mass is 32.2. The van der Waals surface area contributed by atoms with Gasteiger partial charge in [0.05, 0.1) is 7.11 Å². The van der Waals surface area contributed by atoms with E-state index in [1.54, 1.807) is 13.2 Å². The average molecular weight is 461 g/mol. The summed E-state index contributed by atoms with van der Waals surface area (Å²) in [6.07, 6.45) is 3.61. The number of aromatic amines is 1. The fourth-order valence-electron chi connectivity index (χ4n) is 4.10. The monoisotopic (exact) mass is 460 g/mol. The number of aromatic nitrogens is 1. The second-order valence-electron chi connectivity index (χ2n) is 8.42. The molecule has 0 bridgehead atoms. The van der Waals surface area contributed by atoms with Gasteiger partial charge in [-0.05, 0) is 43.4 Å². The molecule has 0 radical (unpaired) electrons. The van der Waals surface area contributed by atoms with Gasteiger partial charge in [0.25, 0.3) is 5.91 Å². The molecule has 3 amide bonds. The minimum Gasteiger partial charge on any atom is -0.496 e. The number of fused-ring (bicyclic) bond motifs is 1. The van der Waals surface area contributed by atoms with Gasteiger partial charge in [0, 0.05) is 35.4 Å². The minimum atomic E-state index is -0.727. The summed E-state index contributed by atoms with van der Waals surface area (Å²) in [5, 5.41) is 8.57. The highest BCUT2D eigenvalue weighted by Gasteiger charge is 2.33. The van der Waals surface area contributed by atoms with Crippen LogP contribution in [0.2, 0.25) is 0 Å². The quantitative estimate of drug-likeness (QED) is 0.273. The van der Waals surface area contributed by atoms with Crippen molar-refractivity contribution in [2.24, 2.45) is 11.8 Å². The van der Waals surface area contributed by atoms with E-state index in [0.29, 0.717) is 55.2 Å². The summed E-state index contributed by atoms with van der Waals surface area (Å²) in [4.78, 5) is 40.8. The molecular weight excluding hydrogens is 432 g/mol. The number of carbonyl (C=O) groups excluding carboxylic acids is 3. The van der Waals surface area contributed by atoms with Crippen molar-refractivity contribution in [3.8, 4) is 5.75 Å². The number of carbonyl (C=O) groups is 3. The van der Waals surface area contributed by atoms with E-state index in [1.165, 1.54) is 0 Å². The summed E-state index contributed by atoms with van der Waals surface area (Å²) >= 11 is 0.517. The maximum absolute atomic E-state index is 13.0. The van der Waals surface area contributed by atoms with E-state index in [9.17, 15) is 18.9 Å². The van der Waals surface area contributed by atoms with Crippen molar-refractivity contribution in [1.82, 2.24) is 20.9 Å². The zero-order valence-corrected chi connectivity index (χ0v) is 18.7. The van der Waals surface area contributed by atoms with Crippen LogP contribution in [0.15, 0.2) is 24.3 Å². The molecule has 3 atom stereocenters. The molecule has 1 saturated carbocycles. The van der Waals surface area contributed by atoms with Crippen LogP contribution in [0.1, 0.15) is 42.6 Å². The van der Waals surface area contributed by atoms with Crippen LogP contribution in [0.3, 0.4) is 0 Å². The van der Waals surface area contributed by atoms with Crippen molar-refractivity contribution in [1.29, 1.82) is 0 Å². The van der Waals surface area contributed by atoms with Crippen LogP contribution >= 0.6 is 12.0 Å². The molecule has 10 heteroatoms. The standard InChI is InChI=1S/C22H28N4O5S/c1-31-18-4-2-3-15-14(18)11-17(24-15)21(28)25-16(9-12-5-6-12)22(29)26-19(32-30)10-13-7-8-23-20(13)27/h2-4,11-13,16,19,24,30H,5-10H2,1H3,(H,23,27)(H,25,28)(H,26,29)/t13-,16-,19+/m0/s1. The van der Waals surface area contributed by atoms with Crippen molar-refractivity contribution in [2.75, 3.05) is 13.7 Å². The van der Waals surface area contributed by atoms with E-state index in [0.717, 1.165) is 23.7 Å². The second kappa shape index (κ2) is 9.83. The Labute approximate surface area is 190 Å². The number of nitrogens with one attached hydrogen (secondary N) is 4. The molecule has 172 valence electrons. The molecule has 4 rings (SSSR count). The van der Waals surface area contributed by atoms with E-state index in [-0.39, 0.29) is 23.6 Å². The molecular formula is C22H28N4O5S. The van der Waals surface area contributed by atoms with Crippen LogP contribution in [0.5, 0.6) is 5.75 Å². The number of H-pyrrole nitrogens is 1. The maximum atomic E-state index is 13.0. The highest BCUT2D eigenvalue weighted by molar-refractivity contribution is 7.94. The Morgan fingerprint density at radius 1 is 1.25 bits per heavy atom. The van der Waals surface area contributed by atoms with Gasteiger partial charge < -0.3 is 30.2 Å². The number of hydrogen-bond donors (Lipinski definition) is 5. The third-order valence-corrected chi connectivity index (χ3v) is 6.63. The van der Waals surface area contributed by atoms with Crippen molar-refractivity contribution in [2.45, 2.75) is 43.5 Å². The van der Waals surface area contributed by atoms with Crippen LogP contribution in [0.4, 0.5) is 0 Å². The lowest BCUT2D eigenvalue weighted by Crippen LogP contribution is -2.49. The first-order chi connectivity index (χ1) is 15.5. The predicted molar refractivity (Wildman–Crippen MR) is 121 cm³/mol. The van der Waals surface area contributed by atoms with Crippen molar-refractivity contribution in [3.05, 3.63) is 30.0 Å². The first-order valence-corrected chi connectivity index (χ1v) is 11.7. The van der Waals surface area contributed by atoms with Crippen molar-refractivity contribution >= 4 is 40.7 Å². The molecule has 1 aliphatic carbocycles. The van der Waals surface area contributed by atoms with Crippen LogP contribution in [0.25, 0.3) is 10.9 Å². The largest absolute Gasteiger partial charge is 0.496 e. The van der Waals surface area contributed by atoms with Gasteiger partial charge in [-0.25, -0.2) is 0 Å². The van der Waals surface area contributed by atoms with Crippen LogP contribution in [-0.4, -0.2) is 52.3 Å². The number of methoxy groups -OCH3 is 1. The smallest absolute Gasteiger partial charge is 0.268 e. The second-order valence-corrected chi connectivity index (χ2v) is 9.20. The Morgan fingerprint density at radius 2 is 2.06 bits per heavy atom. The molecule has 1 aliphatic heterocycles. The molecule has 5 N–H and O–H groups in total. The number of ether oxygens (including phenoxy) is 1. The summed E-state index contributed by atoms with van der Waals surface area (Å²) in [7, 11) is 1.57. The Kier molecular flexibility index (Phi) is 6.90. The number of hydrogen-bond acceptors (Lipinski definition) is 6. The summed E-state index contributed by atoms with van der Waals surface area (Å²) in [6.45, 7) is 0.607. The van der Waals surface area contributed by atoms with E-state index >= 15 is 0 Å². The van der Waals surface area contributed by atoms with E-state index in [4.69, 9.17) is 4.74 Å². The fourth-order valence-corrected chi connectivity index (χ4v) is 4.59. The van der Waals surface area contributed by atoms with Gasteiger partial charge in [0.1, 0.15) is 22.9 Å². The molecule has 2 aliphatic rings. The highest BCUT2D eigenvalue weighted by Crippen LogP contribution is 2.34. The zero-order chi connectivity index (χ0) is 22.7. The molecule has 2 heterocycles. The van der Waals surface area contributed by atoms with Gasteiger partial charge in [-0.2, -0.15) is 0 Å². The van der Waals surface area contributed by atoms with E-state index in [2.05, 4.69) is 20.9 Å². The van der Waals surface area contributed by atoms with Gasteiger partial charge in [-0.3, -0.25) is 14.4 Å². The molecule has 1 saturated heterocycles. The first-order valence-electron chi connectivity index (χ1n) is 10.8. The van der Waals surface area contributed by atoms with Gasteiger partial charge in [-0.15, -0.1) is 0 Å². The van der Waals surface area contributed by atoms with Gasteiger partial charge in [0.15, 0.2) is 0 Å². The molecule has 1 aromatic heterocycles. The van der Waals surface area contributed by atoms with Crippen LogP contribution < -0.4 is 20.7 Å². The van der Waals surface area contributed by atoms with Gasteiger partial charge in [-0.1, -0.05) is 18.9 Å². The third-order valence-electron chi connectivity index (χ3n) is 6.07. The first kappa shape index (κ1) is 22.5. The summed E-state index contributed by atoms with van der Waals surface area (Å²) in [5.41, 5.74) is 1.11. The normalized spacial score (nSPS) is 19.9. The Bertz CT molecular complexity index is 1010. The number of amides is 3. The molecule has 32 heavy (non-hydrogen) atoms. The molecule has 2 aromatic rings. The maximum Gasteiger partial charge on any atom is 0.268 e. The Hall–Kier alpha value is -2.72. The molecule has 9 nitrogen and oxygen atoms in total. The van der Waals surface area contributed by atoms with Crippen LogP contribution in [0, 0.1) is 11.8 Å².